The number of ether oxygens (including phenoxy) is 1. The van der Waals surface area contributed by atoms with Crippen LogP contribution in [-0.2, 0) is 14.3 Å². The van der Waals surface area contributed by atoms with Crippen molar-refractivity contribution >= 4 is 29.6 Å². The predicted octanol–water partition coefficient (Wildman–Crippen LogP) is 2.42. The third-order valence-corrected chi connectivity index (χ3v) is 2.55. The maximum absolute atomic E-state index is 11.6. The molecule has 0 spiro atoms. The van der Waals surface area contributed by atoms with E-state index >= 15 is 0 Å². The molecule has 4 nitrogen and oxygen atoms in total. The molecule has 0 aliphatic carbocycles. The number of rotatable bonds is 5. The molecule has 0 aromatic heterocycles. The zero-order valence-corrected chi connectivity index (χ0v) is 11.6. The molecule has 0 saturated heterocycles. The fourth-order valence-electron chi connectivity index (χ4n) is 1.33. The molecule has 5 heteroatoms. The van der Waals surface area contributed by atoms with E-state index in [4.69, 9.17) is 16.3 Å². The van der Waals surface area contributed by atoms with E-state index in [0.717, 1.165) is 5.56 Å². The zero-order valence-electron chi connectivity index (χ0n) is 10.9. The molecule has 0 aliphatic heterocycles. The molecule has 102 valence electrons. The van der Waals surface area contributed by atoms with Crippen molar-refractivity contribution in [2.45, 2.75) is 19.9 Å². The van der Waals surface area contributed by atoms with Crippen molar-refractivity contribution in [3.05, 3.63) is 40.9 Å². The normalized spacial score (nSPS) is 12.2. The molecule has 1 aromatic carbocycles. The molecule has 1 rings (SSSR count). The number of amides is 1. The SMILES string of the molecule is CCOC(=O)C(C)NC(=O)/C=C/c1ccc(Cl)cc1. The van der Waals surface area contributed by atoms with Crippen molar-refractivity contribution in [2.24, 2.45) is 0 Å². The van der Waals surface area contributed by atoms with Crippen LogP contribution in [0.15, 0.2) is 30.3 Å². The lowest BCUT2D eigenvalue weighted by molar-refractivity contribution is -0.146. The number of hydrogen-bond acceptors (Lipinski definition) is 3. The number of benzene rings is 1. The Balaban J connectivity index is 2.51. The van der Waals surface area contributed by atoms with Gasteiger partial charge in [-0.1, -0.05) is 23.7 Å². The van der Waals surface area contributed by atoms with Crippen LogP contribution in [0.25, 0.3) is 6.08 Å². The third kappa shape index (κ3) is 5.57. The monoisotopic (exact) mass is 281 g/mol. The van der Waals surface area contributed by atoms with Crippen molar-refractivity contribution in [1.29, 1.82) is 0 Å². The number of hydrogen-bond donors (Lipinski definition) is 1. The van der Waals surface area contributed by atoms with Crippen LogP contribution in [0.1, 0.15) is 19.4 Å². The van der Waals surface area contributed by atoms with Gasteiger partial charge in [0, 0.05) is 11.1 Å². The van der Waals surface area contributed by atoms with Gasteiger partial charge in [-0.3, -0.25) is 4.79 Å². The molecule has 1 amide bonds. The minimum absolute atomic E-state index is 0.291. The smallest absolute Gasteiger partial charge is 0.328 e. The van der Waals surface area contributed by atoms with Crippen LogP contribution in [-0.4, -0.2) is 24.5 Å². The summed E-state index contributed by atoms with van der Waals surface area (Å²) < 4.78 is 4.79. The van der Waals surface area contributed by atoms with Gasteiger partial charge in [-0.15, -0.1) is 0 Å². The lowest BCUT2D eigenvalue weighted by atomic mass is 10.2. The Hall–Kier alpha value is -1.81. The van der Waals surface area contributed by atoms with E-state index in [0.29, 0.717) is 11.6 Å². The van der Waals surface area contributed by atoms with E-state index < -0.39 is 12.0 Å². The fourth-order valence-corrected chi connectivity index (χ4v) is 1.46. The summed E-state index contributed by atoms with van der Waals surface area (Å²) in [6.45, 7) is 3.58. The summed E-state index contributed by atoms with van der Waals surface area (Å²) >= 11 is 5.75. The van der Waals surface area contributed by atoms with Crippen molar-refractivity contribution in [1.82, 2.24) is 5.32 Å². The van der Waals surface area contributed by atoms with Crippen LogP contribution >= 0.6 is 11.6 Å². The van der Waals surface area contributed by atoms with E-state index in [-0.39, 0.29) is 5.91 Å². The second-order valence-electron chi connectivity index (χ2n) is 3.87. The second-order valence-corrected chi connectivity index (χ2v) is 4.30. The third-order valence-electron chi connectivity index (χ3n) is 2.30. The van der Waals surface area contributed by atoms with Gasteiger partial charge >= 0.3 is 5.97 Å². The van der Waals surface area contributed by atoms with Crippen molar-refractivity contribution in [2.75, 3.05) is 6.61 Å². The lowest BCUT2D eigenvalue weighted by Gasteiger charge is -2.10. The standard InChI is InChI=1S/C14H16ClNO3/c1-3-19-14(18)10(2)16-13(17)9-6-11-4-7-12(15)8-5-11/h4-10H,3H2,1-2H3,(H,16,17)/b9-6+. The Morgan fingerprint density at radius 2 is 2.00 bits per heavy atom. The number of halogens is 1. The van der Waals surface area contributed by atoms with Crippen LogP contribution in [0.2, 0.25) is 5.02 Å². The van der Waals surface area contributed by atoms with Gasteiger partial charge in [-0.05, 0) is 37.6 Å². The van der Waals surface area contributed by atoms with Crippen LogP contribution in [0.4, 0.5) is 0 Å². The van der Waals surface area contributed by atoms with Crippen LogP contribution in [0.5, 0.6) is 0 Å². The van der Waals surface area contributed by atoms with Gasteiger partial charge in [-0.2, -0.15) is 0 Å². The van der Waals surface area contributed by atoms with Gasteiger partial charge in [0.1, 0.15) is 6.04 Å². The minimum atomic E-state index is -0.665. The van der Waals surface area contributed by atoms with E-state index in [1.165, 1.54) is 6.08 Å². The Morgan fingerprint density at radius 1 is 1.37 bits per heavy atom. The van der Waals surface area contributed by atoms with Gasteiger partial charge in [-0.25, -0.2) is 4.79 Å². The van der Waals surface area contributed by atoms with E-state index in [2.05, 4.69) is 5.32 Å². The van der Waals surface area contributed by atoms with Gasteiger partial charge < -0.3 is 10.1 Å². The maximum Gasteiger partial charge on any atom is 0.328 e. The molecular formula is C14H16ClNO3. The van der Waals surface area contributed by atoms with E-state index in [1.807, 2.05) is 0 Å². The van der Waals surface area contributed by atoms with Crippen LogP contribution in [0.3, 0.4) is 0 Å². The molecule has 0 heterocycles. The van der Waals surface area contributed by atoms with Gasteiger partial charge in [0.15, 0.2) is 0 Å². The molecule has 0 bridgehead atoms. The quantitative estimate of drug-likeness (QED) is 0.666. The predicted molar refractivity (Wildman–Crippen MR) is 74.7 cm³/mol. The molecule has 1 N–H and O–H groups in total. The molecule has 19 heavy (non-hydrogen) atoms. The van der Waals surface area contributed by atoms with Crippen molar-refractivity contribution in [3.63, 3.8) is 0 Å². The van der Waals surface area contributed by atoms with Gasteiger partial charge in [0.2, 0.25) is 5.91 Å². The first-order valence-electron chi connectivity index (χ1n) is 5.93. The molecular weight excluding hydrogens is 266 g/mol. The Kier molecular flexibility index (Phi) is 6.09. The molecule has 0 radical (unpaired) electrons. The van der Waals surface area contributed by atoms with Gasteiger partial charge in [0.25, 0.3) is 0 Å². The topological polar surface area (TPSA) is 55.4 Å². The van der Waals surface area contributed by atoms with E-state index in [9.17, 15) is 9.59 Å². The lowest BCUT2D eigenvalue weighted by Crippen LogP contribution is -2.38. The van der Waals surface area contributed by atoms with Crippen LogP contribution in [0, 0.1) is 0 Å². The summed E-state index contributed by atoms with van der Waals surface area (Å²) in [4.78, 5) is 22.9. The Morgan fingerprint density at radius 3 is 2.58 bits per heavy atom. The fraction of sp³-hybridized carbons (Fsp3) is 0.286. The summed E-state index contributed by atoms with van der Waals surface area (Å²) in [5.41, 5.74) is 0.850. The summed E-state index contributed by atoms with van der Waals surface area (Å²) in [6.07, 6.45) is 3.00. The molecule has 0 aliphatic rings. The van der Waals surface area contributed by atoms with Crippen molar-refractivity contribution < 1.29 is 14.3 Å². The highest BCUT2D eigenvalue weighted by atomic mass is 35.5. The Labute approximate surface area is 117 Å². The summed E-state index contributed by atoms with van der Waals surface area (Å²) in [5, 5.41) is 3.16. The molecule has 1 atom stereocenters. The minimum Gasteiger partial charge on any atom is -0.464 e. The first kappa shape index (κ1) is 15.2. The zero-order chi connectivity index (χ0) is 14.3. The average molecular weight is 282 g/mol. The summed E-state index contributed by atoms with van der Waals surface area (Å²) in [6, 6.07) is 6.39. The van der Waals surface area contributed by atoms with Crippen LogP contribution < -0.4 is 5.32 Å². The number of esters is 1. The highest BCUT2D eigenvalue weighted by molar-refractivity contribution is 6.30. The average Bonchev–Trinajstić information content (AvgIpc) is 2.38. The Bertz CT molecular complexity index is 468. The van der Waals surface area contributed by atoms with Gasteiger partial charge in [0.05, 0.1) is 6.61 Å². The highest BCUT2D eigenvalue weighted by Crippen LogP contribution is 2.10. The second kappa shape index (κ2) is 7.59. The first-order valence-corrected chi connectivity index (χ1v) is 6.31. The number of carbonyl (C=O) groups excluding carboxylic acids is 2. The van der Waals surface area contributed by atoms with Crippen molar-refractivity contribution in [3.8, 4) is 0 Å². The number of carbonyl (C=O) groups is 2. The largest absolute Gasteiger partial charge is 0.464 e. The number of nitrogens with one attached hydrogen (secondary N) is 1. The molecule has 0 fully saturated rings. The molecule has 0 saturated carbocycles. The summed E-state index contributed by atoms with van der Waals surface area (Å²) in [7, 11) is 0. The summed E-state index contributed by atoms with van der Waals surface area (Å²) in [5.74, 6) is -0.800. The first-order chi connectivity index (χ1) is 9.02. The highest BCUT2D eigenvalue weighted by Gasteiger charge is 2.14. The maximum atomic E-state index is 11.6. The molecule has 1 aromatic rings. The van der Waals surface area contributed by atoms with E-state index in [1.54, 1.807) is 44.2 Å². The molecule has 1 unspecified atom stereocenters.